The van der Waals surface area contributed by atoms with Crippen LogP contribution in [0.15, 0.2) is 35.5 Å². The van der Waals surface area contributed by atoms with Crippen LogP contribution >= 0.6 is 0 Å². The van der Waals surface area contributed by atoms with Crippen LogP contribution in [0.3, 0.4) is 0 Å². The number of benzene rings is 1. The second-order valence-electron chi connectivity index (χ2n) is 3.25. The Morgan fingerprint density at radius 3 is 2.39 bits per heavy atom. The highest BCUT2D eigenvalue weighted by atomic mass is 19.1. The number of nitrogens with zero attached hydrogens (tertiary/aromatic N) is 1. The van der Waals surface area contributed by atoms with Crippen LogP contribution in [-0.4, -0.2) is 17.7 Å². The van der Waals surface area contributed by atoms with E-state index in [1.165, 1.54) is 6.07 Å². The molecule has 5 nitrogen and oxygen atoms in total. The minimum Gasteiger partial charge on any atom is -0.385 e. The van der Waals surface area contributed by atoms with Crippen LogP contribution in [-0.2, 0) is 14.3 Å². The molecular formula is C11H6F2N2O3. The van der Waals surface area contributed by atoms with E-state index < -0.39 is 29.3 Å². The second kappa shape index (κ2) is 4.74. The number of para-hydroxylation sites is 1. The summed E-state index contributed by atoms with van der Waals surface area (Å²) < 4.78 is 30.6. The van der Waals surface area contributed by atoms with Crippen LogP contribution in [0.1, 0.15) is 0 Å². The van der Waals surface area contributed by atoms with Gasteiger partial charge in [-0.15, -0.1) is 0 Å². The van der Waals surface area contributed by atoms with Crippen LogP contribution in [0.4, 0.5) is 14.5 Å². The lowest BCUT2D eigenvalue weighted by atomic mass is 10.3. The molecule has 0 unspecified atom stereocenters. The number of ether oxygens (including phenoxy) is 1. The predicted molar refractivity (Wildman–Crippen MR) is 57.7 cm³/mol. The summed E-state index contributed by atoms with van der Waals surface area (Å²) in [4.78, 5) is 21.8. The van der Waals surface area contributed by atoms with E-state index in [1.54, 1.807) is 0 Å². The van der Waals surface area contributed by atoms with Crippen molar-refractivity contribution < 1.29 is 23.1 Å². The lowest BCUT2D eigenvalue weighted by molar-refractivity contribution is -0.151. The lowest BCUT2D eigenvalue weighted by Crippen LogP contribution is -2.24. The van der Waals surface area contributed by atoms with E-state index in [2.05, 4.69) is 15.3 Å². The van der Waals surface area contributed by atoms with Gasteiger partial charge in [-0.1, -0.05) is 6.07 Å². The molecule has 0 atom stereocenters. The first-order valence-corrected chi connectivity index (χ1v) is 4.80. The number of anilines is 1. The minimum absolute atomic E-state index is 0.266. The van der Waals surface area contributed by atoms with Gasteiger partial charge in [-0.2, -0.15) is 5.10 Å². The molecule has 92 valence electrons. The molecule has 0 saturated heterocycles. The van der Waals surface area contributed by atoms with Crippen molar-refractivity contribution in [2.24, 2.45) is 5.10 Å². The monoisotopic (exact) mass is 252 g/mol. The van der Waals surface area contributed by atoms with Crippen LogP contribution in [0.25, 0.3) is 0 Å². The minimum atomic E-state index is -0.994. The summed E-state index contributed by atoms with van der Waals surface area (Å²) in [6.07, 6.45) is 2.06. The standard InChI is InChI=1S/C11H6F2N2O3/c12-6-2-1-3-7(13)10(6)15-14-8-4-5-9(16)18-11(8)17/h1-5,15H/b14-8-. The number of halogens is 2. The summed E-state index contributed by atoms with van der Waals surface area (Å²) >= 11 is 0. The molecule has 0 bridgehead atoms. The maximum absolute atomic E-state index is 13.2. The molecule has 1 N–H and O–H groups in total. The first-order valence-electron chi connectivity index (χ1n) is 4.80. The number of esters is 2. The predicted octanol–water partition coefficient (Wildman–Crippen LogP) is 1.37. The number of cyclic esters (lactones) is 2. The third-order valence-electron chi connectivity index (χ3n) is 2.03. The molecule has 1 aromatic rings. The van der Waals surface area contributed by atoms with Crippen molar-refractivity contribution in [2.45, 2.75) is 0 Å². The second-order valence-corrected chi connectivity index (χ2v) is 3.25. The highest BCUT2D eigenvalue weighted by Crippen LogP contribution is 2.17. The molecule has 1 aliphatic rings. The Labute approximate surface area is 99.7 Å². The van der Waals surface area contributed by atoms with Gasteiger partial charge in [-0.3, -0.25) is 5.43 Å². The Kier molecular flexibility index (Phi) is 3.13. The van der Waals surface area contributed by atoms with E-state index in [4.69, 9.17) is 0 Å². The molecule has 1 aromatic carbocycles. The van der Waals surface area contributed by atoms with Crippen LogP contribution < -0.4 is 5.43 Å². The normalized spacial score (nSPS) is 16.9. The van der Waals surface area contributed by atoms with Gasteiger partial charge in [-0.05, 0) is 18.2 Å². The Balaban J connectivity index is 2.23. The molecule has 0 radical (unpaired) electrons. The molecule has 0 aliphatic carbocycles. The zero-order valence-corrected chi connectivity index (χ0v) is 8.81. The van der Waals surface area contributed by atoms with Gasteiger partial charge in [-0.25, -0.2) is 18.4 Å². The first-order chi connectivity index (χ1) is 8.58. The topological polar surface area (TPSA) is 67.8 Å². The van der Waals surface area contributed by atoms with Crippen LogP contribution in [0.5, 0.6) is 0 Å². The van der Waals surface area contributed by atoms with Crippen molar-refractivity contribution in [3.05, 3.63) is 42.0 Å². The Morgan fingerprint density at radius 2 is 1.78 bits per heavy atom. The average molecular weight is 252 g/mol. The molecule has 0 spiro atoms. The Morgan fingerprint density at radius 1 is 1.11 bits per heavy atom. The van der Waals surface area contributed by atoms with Gasteiger partial charge in [0.1, 0.15) is 5.69 Å². The number of hydrazone groups is 1. The van der Waals surface area contributed by atoms with Gasteiger partial charge in [0.2, 0.25) is 0 Å². The van der Waals surface area contributed by atoms with E-state index in [0.717, 1.165) is 24.3 Å². The fourth-order valence-electron chi connectivity index (χ4n) is 1.20. The molecule has 0 saturated carbocycles. The summed E-state index contributed by atoms with van der Waals surface area (Å²) in [7, 11) is 0. The molecule has 0 amide bonds. The van der Waals surface area contributed by atoms with Gasteiger partial charge in [0.25, 0.3) is 0 Å². The Bertz CT molecular complexity index is 561. The van der Waals surface area contributed by atoms with Crippen LogP contribution in [0.2, 0.25) is 0 Å². The van der Waals surface area contributed by atoms with Gasteiger partial charge in [0, 0.05) is 6.08 Å². The summed E-state index contributed by atoms with van der Waals surface area (Å²) in [6.45, 7) is 0. The van der Waals surface area contributed by atoms with E-state index >= 15 is 0 Å². The highest BCUT2D eigenvalue weighted by molar-refractivity contribution is 6.44. The van der Waals surface area contributed by atoms with Gasteiger partial charge >= 0.3 is 11.9 Å². The number of hydrogen-bond acceptors (Lipinski definition) is 5. The quantitative estimate of drug-likeness (QED) is 0.490. The summed E-state index contributed by atoms with van der Waals surface area (Å²) in [5.41, 5.74) is 1.31. The number of nitrogens with one attached hydrogen (secondary N) is 1. The molecule has 1 aliphatic heterocycles. The SMILES string of the molecule is O=C1C=C/C(=N/Nc2c(F)cccc2F)C(=O)O1. The van der Waals surface area contributed by atoms with E-state index in [0.29, 0.717) is 0 Å². The van der Waals surface area contributed by atoms with E-state index in [1.807, 2.05) is 0 Å². The smallest absolute Gasteiger partial charge is 0.366 e. The van der Waals surface area contributed by atoms with Crippen molar-refractivity contribution in [1.82, 2.24) is 0 Å². The van der Waals surface area contributed by atoms with Crippen molar-refractivity contribution in [3.63, 3.8) is 0 Å². The zero-order valence-electron chi connectivity index (χ0n) is 8.81. The third kappa shape index (κ3) is 2.40. The summed E-state index contributed by atoms with van der Waals surface area (Å²) in [5.74, 6) is -3.53. The van der Waals surface area contributed by atoms with Crippen molar-refractivity contribution in [1.29, 1.82) is 0 Å². The Hall–Kier alpha value is -2.57. The maximum Gasteiger partial charge on any atom is 0.366 e. The van der Waals surface area contributed by atoms with Gasteiger partial charge in [0.05, 0.1) is 0 Å². The molecular weight excluding hydrogens is 246 g/mol. The highest BCUT2D eigenvalue weighted by Gasteiger charge is 2.19. The van der Waals surface area contributed by atoms with Gasteiger partial charge in [0.15, 0.2) is 17.3 Å². The number of hydrogen-bond donors (Lipinski definition) is 1. The molecule has 1 heterocycles. The fourth-order valence-corrected chi connectivity index (χ4v) is 1.20. The third-order valence-corrected chi connectivity index (χ3v) is 2.03. The molecule has 7 heteroatoms. The molecule has 0 aromatic heterocycles. The maximum atomic E-state index is 13.2. The van der Waals surface area contributed by atoms with Crippen LogP contribution in [0, 0.1) is 11.6 Å². The average Bonchev–Trinajstić information content (AvgIpc) is 2.31. The largest absolute Gasteiger partial charge is 0.385 e. The molecule has 18 heavy (non-hydrogen) atoms. The van der Waals surface area contributed by atoms with E-state index in [-0.39, 0.29) is 5.71 Å². The van der Waals surface area contributed by atoms with Crippen molar-refractivity contribution in [3.8, 4) is 0 Å². The zero-order chi connectivity index (χ0) is 13.1. The molecule has 2 rings (SSSR count). The lowest BCUT2D eigenvalue weighted by Gasteiger charge is -2.07. The van der Waals surface area contributed by atoms with Crippen molar-refractivity contribution in [2.75, 3.05) is 5.43 Å². The first kappa shape index (κ1) is 11.9. The van der Waals surface area contributed by atoms with Crippen molar-refractivity contribution >= 4 is 23.3 Å². The summed E-state index contributed by atoms with van der Waals surface area (Å²) in [5, 5.41) is 3.46. The number of carbonyl (C=O) groups excluding carboxylic acids is 2. The number of carbonyl (C=O) groups is 2. The van der Waals surface area contributed by atoms with Gasteiger partial charge < -0.3 is 4.74 Å². The fraction of sp³-hybridized carbons (Fsp3) is 0. The number of rotatable bonds is 2. The summed E-state index contributed by atoms with van der Waals surface area (Å²) in [6, 6.07) is 3.25. The van der Waals surface area contributed by atoms with E-state index in [9.17, 15) is 18.4 Å². The molecule has 0 fully saturated rings.